The van der Waals surface area contributed by atoms with E-state index >= 15 is 0 Å². The SMILES string of the molecule is COCCNCc1ccc(Cl)cc1N(C)CC(C)C. The Morgan fingerprint density at radius 3 is 2.74 bits per heavy atom. The van der Waals surface area contributed by atoms with Crippen LogP contribution < -0.4 is 10.2 Å². The molecule has 1 aromatic rings. The summed E-state index contributed by atoms with van der Waals surface area (Å²) in [6.45, 7) is 7.87. The van der Waals surface area contributed by atoms with E-state index in [2.05, 4.69) is 37.2 Å². The summed E-state index contributed by atoms with van der Waals surface area (Å²) in [7, 11) is 3.83. The lowest BCUT2D eigenvalue weighted by Crippen LogP contribution is -2.25. The quantitative estimate of drug-likeness (QED) is 0.742. The number of ether oxygens (including phenoxy) is 1. The van der Waals surface area contributed by atoms with Crippen molar-refractivity contribution in [1.82, 2.24) is 5.32 Å². The van der Waals surface area contributed by atoms with Crippen molar-refractivity contribution in [2.75, 3.05) is 38.8 Å². The van der Waals surface area contributed by atoms with Crippen LogP contribution in [0, 0.1) is 5.92 Å². The molecule has 0 aliphatic rings. The zero-order valence-electron chi connectivity index (χ0n) is 12.4. The first-order valence-corrected chi connectivity index (χ1v) is 7.11. The van der Waals surface area contributed by atoms with Gasteiger partial charge in [-0.15, -0.1) is 0 Å². The van der Waals surface area contributed by atoms with Crippen LogP contribution in [0.5, 0.6) is 0 Å². The lowest BCUT2D eigenvalue weighted by atomic mass is 10.1. The van der Waals surface area contributed by atoms with Crippen LogP contribution in [0.25, 0.3) is 0 Å². The summed E-state index contributed by atoms with van der Waals surface area (Å²) < 4.78 is 5.04. The van der Waals surface area contributed by atoms with E-state index in [0.29, 0.717) is 5.92 Å². The van der Waals surface area contributed by atoms with Gasteiger partial charge in [0.1, 0.15) is 0 Å². The number of hydrogen-bond acceptors (Lipinski definition) is 3. The average molecular weight is 285 g/mol. The molecule has 108 valence electrons. The Morgan fingerprint density at radius 2 is 2.11 bits per heavy atom. The van der Waals surface area contributed by atoms with E-state index in [-0.39, 0.29) is 0 Å². The molecular formula is C15H25ClN2O. The van der Waals surface area contributed by atoms with Gasteiger partial charge < -0.3 is 15.0 Å². The number of nitrogens with one attached hydrogen (secondary N) is 1. The molecule has 0 radical (unpaired) electrons. The molecule has 0 fully saturated rings. The van der Waals surface area contributed by atoms with Gasteiger partial charge in [-0.3, -0.25) is 0 Å². The first kappa shape index (κ1) is 16.3. The molecule has 0 saturated carbocycles. The predicted molar refractivity (Wildman–Crippen MR) is 83.1 cm³/mol. The third-order valence-corrected chi connectivity index (χ3v) is 3.13. The van der Waals surface area contributed by atoms with Gasteiger partial charge in [0.25, 0.3) is 0 Å². The van der Waals surface area contributed by atoms with Crippen molar-refractivity contribution in [1.29, 1.82) is 0 Å². The van der Waals surface area contributed by atoms with Gasteiger partial charge in [0.15, 0.2) is 0 Å². The Bertz CT molecular complexity index is 382. The van der Waals surface area contributed by atoms with Gasteiger partial charge in [-0.1, -0.05) is 31.5 Å². The molecule has 1 rings (SSSR count). The summed E-state index contributed by atoms with van der Waals surface area (Å²) in [5.41, 5.74) is 2.47. The second-order valence-corrected chi connectivity index (χ2v) is 5.65. The summed E-state index contributed by atoms with van der Waals surface area (Å²) in [6, 6.07) is 6.08. The highest BCUT2D eigenvalue weighted by Gasteiger charge is 2.09. The third-order valence-electron chi connectivity index (χ3n) is 2.90. The minimum absolute atomic E-state index is 0.623. The van der Waals surface area contributed by atoms with E-state index in [0.717, 1.165) is 31.3 Å². The molecular weight excluding hydrogens is 260 g/mol. The fourth-order valence-electron chi connectivity index (χ4n) is 2.09. The van der Waals surface area contributed by atoms with Crippen molar-refractivity contribution in [2.24, 2.45) is 5.92 Å². The maximum absolute atomic E-state index is 6.11. The Morgan fingerprint density at radius 1 is 1.37 bits per heavy atom. The Hall–Kier alpha value is -0.770. The van der Waals surface area contributed by atoms with E-state index in [9.17, 15) is 0 Å². The van der Waals surface area contributed by atoms with Crippen molar-refractivity contribution >= 4 is 17.3 Å². The van der Waals surface area contributed by atoms with Crippen molar-refractivity contribution in [3.05, 3.63) is 28.8 Å². The molecule has 0 atom stereocenters. The molecule has 1 aromatic carbocycles. The molecule has 0 spiro atoms. The molecule has 0 heterocycles. The minimum atomic E-state index is 0.623. The van der Waals surface area contributed by atoms with E-state index in [1.165, 1.54) is 11.3 Å². The number of benzene rings is 1. The second-order valence-electron chi connectivity index (χ2n) is 5.22. The van der Waals surface area contributed by atoms with Crippen LogP contribution in [0.2, 0.25) is 5.02 Å². The average Bonchev–Trinajstić information content (AvgIpc) is 2.35. The molecule has 0 unspecified atom stereocenters. The lowest BCUT2D eigenvalue weighted by Gasteiger charge is -2.24. The van der Waals surface area contributed by atoms with Crippen LogP contribution in [0.1, 0.15) is 19.4 Å². The van der Waals surface area contributed by atoms with Crippen molar-refractivity contribution < 1.29 is 4.74 Å². The number of anilines is 1. The number of nitrogens with zero attached hydrogens (tertiary/aromatic N) is 1. The standard InChI is InChI=1S/C15H25ClN2O/c1-12(2)11-18(3)15-9-14(16)6-5-13(15)10-17-7-8-19-4/h5-6,9,12,17H,7-8,10-11H2,1-4H3. The number of hydrogen-bond donors (Lipinski definition) is 1. The highest BCUT2D eigenvalue weighted by Crippen LogP contribution is 2.24. The third kappa shape index (κ3) is 5.81. The summed E-state index contributed by atoms with van der Waals surface area (Å²) in [5.74, 6) is 0.623. The van der Waals surface area contributed by atoms with E-state index in [1.807, 2.05) is 12.1 Å². The van der Waals surface area contributed by atoms with Gasteiger partial charge in [0, 0.05) is 44.5 Å². The van der Waals surface area contributed by atoms with Gasteiger partial charge in [-0.25, -0.2) is 0 Å². The molecule has 0 amide bonds. The van der Waals surface area contributed by atoms with Crippen LogP contribution in [0.3, 0.4) is 0 Å². The fraction of sp³-hybridized carbons (Fsp3) is 0.600. The van der Waals surface area contributed by atoms with Crippen LogP contribution in [0.4, 0.5) is 5.69 Å². The van der Waals surface area contributed by atoms with Gasteiger partial charge in [0.2, 0.25) is 0 Å². The Kier molecular flexibility index (Phi) is 7.21. The Balaban J connectivity index is 2.73. The van der Waals surface area contributed by atoms with E-state index < -0.39 is 0 Å². The molecule has 0 bridgehead atoms. The van der Waals surface area contributed by atoms with Crippen LogP contribution >= 0.6 is 11.6 Å². The van der Waals surface area contributed by atoms with Gasteiger partial charge >= 0.3 is 0 Å². The highest BCUT2D eigenvalue weighted by atomic mass is 35.5. The molecule has 0 aromatic heterocycles. The fourth-order valence-corrected chi connectivity index (χ4v) is 2.25. The smallest absolute Gasteiger partial charge is 0.0587 e. The number of halogens is 1. The first-order chi connectivity index (χ1) is 9.04. The molecule has 19 heavy (non-hydrogen) atoms. The van der Waals surface area contributed by atoms with E-state index in [1.54, 1.807) is 7.11 Å². The molecule has 1 N–H and O–H groups in total. The van der Waals surface area contributed by atoms with Crippen molar-refractivity contribution in [2.45, 2.75) is 20.4 Å². The van der Waals surface area contributed by atoms with Gasteiger partial charge in [-0.2, -0.15) is 0 Å². The monoisotopic (exact) mass is 284 g/mol. The normalized spacial score (nSPS) is 11.1. The zero-order chi connectivity index (χ0) is 14.3. The first-order valence-electron chi connectivity index (χ1n) is 6.73. The Labute approximate surface area is 121 Å². The molecule has 0 saturated heterocycles. The maximum atomic E-state index is 6.11. The molecule has 4 heteroatoms. The molecule has 3 nitrogen and oxygen atoms in total. The zero-order valence-corrected chi connectivity index (χ0v) is 13.1. The summed E-state index contributed by atoms with van der Waals surface area (Å²) in [4.78, 5) is 2.27. The predicted octanol–water partition coefficient (Wildman–Crippen LogP) is 3.17. The van der Waals surface area contributed by atoms with Crippen LogP contribution in [0.15, 0.2) is 18.2 Å². The van der Waals surface area contributed by atoms with Crippen LogP contribution in [-0.2, 0) is 11.3 Å². The number of rotatable bonds is 8. The summed E-state index contributed by atoms with van der Waals surface area (Å²) in [5, 5.41) is 4.16. The van der Waals surface area contributed by atoms with Crippen molar-refractivity contribution in [3.63, 3.8) is 0 Å². The largest absolute Gasteiger partial charge is 0.383 e. The van der Waals surface area contributed by atoms with Gasteiger partial charge in [0.05, 0.1) is 6.61 Å². The number of methoxy groups -OCH3 is 1. The maximum Gasteiger partial charge on any atom is 0.0587 e. The summed E-state index contributed by atoms with van der Waals surface area (Å²) >= 11 is 6.11. The van der Waals surface area contributed by atoms with Crippen LogP contribution in [-0.4, -0.2) is 33.9 Å². The molecule has 0 aliphatic heterocycles. The van der Waals surface area contributed by atoms with Crippen molar-refractivity contribution in [3.8, 4) is 0 Å². The lowest BCUT2D eigenvalue weighted by molar-refractivity contribution is 0.199. The molecule has 0 aliphatic carbocycles. The van der Waals surface area contributed by atoms with Gasteiger partial charge in [-0.05, 0) is 23.6 Å². The topological polar surface area (TPSA) is 24.5 Å². The van der Waals surface area contributed by atoms with E-state index in [4.69, 9.17) is 16.3 Å². The highest BCUT2D eigenvalue weighted by molar-refractivity contribution is 6.30. The minimum Gasteiger partial charge on any atom is -0.383 e. The second kappa shape index (κ2) is 8.41. The summed E-state index contributed by atoms with van der Waals surface area (Å²) in [6.07, 6.45) is 0.